The number of carbonyl (C=O) groups excluding carboxylic acids is 1. The van der Waals surface area contributed by atoms with E-state index in [-0.39, 0.29) is 12.1 Å². The Balaban J connectivity index is 4.13. The quantitative estimate of drug-likeness (QED) is 0.0325. The highest BCUT2D eigenvalue weighted by Gasteiger charge is 2.14. The van der Waals surface area contributed by atoms with Gasteiger partial charge in [-0.05, 0) is 124 Å². The summed E-state index contributed by atoms with van der Waals surface area (Å²) in [5.74, 6) is -0.0241. The predicted molar refractivity (Wildman–Crippen MR) is 209 cm³/mol. The van der Waals surface area contributed by atoms with Crippen LogP contribution in [0.15, 0.2) is 65.8 Å². The number of aliphatic imine (C=N–C) groups is 1. The van der Waals surface area contributed by atoms with Crippen LogP contribution in [-0.4, -0.2) is 63.5 Å². The molecule has 1 unspecified atom stereocenters. The molecule has 0 aliphatic rings. The third-order valence-electron chi connectivity index (χ3n) is 7.90. The molecule has 0 heterocycles. The molecule has 1 atom stereocenters. The maximum Gasteiger partial charge on any atom is 0.306 e. The Hall–Kier alpha value is -2.24. The second kappa shape index (κ2) is 38.2. The first kappa shape index (κ1) is 44.8. The Morgan fingerprint density at radius 1 is 0.638 bits per heavy atom. The van der Waals surface area contributed by atoms with Crippen molar-refractivity contribution in [1.82, 2.24) is 10.2 Å². The van der Waals surface area contributed by atoms with Gasteiger partial charge in [-0.25, -0.2) is 0 Å². The lowest BCUT2D eigenvalue weighted by atomic mass is 10.0. The van der Waals surface area contributed by atoms with Gasteiger partial charge in [0.05, 0.1) is 0 Å². The van der Waals surface area contributed by atoms with Crippen molar-refractivity contribution < 1.29 is 9.53 Å². The van der Waals surface area contributed by atoms with Crippen LogP contribution in [-0.2, 0) is 9.53 Å². The van der Waals surface area contributed by atoms with Crippen molar-refractivity contribution >= 4 is 12.2 Å². The summed E-state index contributed by atoms with van der Waals surface area (Å²) >= 11 is 0. The van der Waals surface area contributed by atoms with E-state index in [0.29, 0.717) is 6.42 Å². The van der Waals surface area contributed by atoms with Crippen LogP contribution in [0.25, 0.3) is 0 Å². The fourth-order valence-corrected chi connectivity index (χ4v) is 5.03. The van der Waals surface area contributed by atoms with E-state index in [0.717, 1.165) is 96.8 Å². The van der Waals surface area contributed by atoms with Crippen LogP contribution in [0.1, 0.15) is 149 Å². The Kier molecular flexibility index (Phi) is 36.4. The molecule has 0 saturated heterocycles. The van der Waals surface area contributed by atoms with Gasteiger partial charge in [-0.2, -0.15) is 0 Å². The molecule has 0 amide bonds. The van der Waals surface area contributed by atoms with Gasteiger partial charge >= 0.3 is 5.97 Å². The van der Waals surface area contributed by atoms with Crippen molar-refractivity contribution in [3.05, 3.63) is 60.8 Å². The van der Waals surface area contributed by atoms with E-state index >= 15 is 0 Å². The van der Waals surface area contributed by atoms with Crippen molar-refractivity contribution in [2.75, 3.05) is 40.3 Å². The van der Waals surface area contributed by atoms with Gasteiger partial charge in [0.1, 0.15) is 6.10 Å². The van der Waals surface area contributed by atoms with Gasteiger partial charge in [0.25, 0.3) is 0 Å². The number of esters is 1. The average Bonchev–Trinajstić information content (AvgIpc) is 3.06. The van der Waals surface area contributed by atoms with Crippen molar-refractivity contribution in [1.29, 1.82) is 0 Å². The minimum absolute atomic E-state index is 0.0241. The number of hydrogen-bond acceptors (Lipinski definition) is 5. The molecular formula is C42H75N3O2. The Labute approximate surface area is 292 Å². The summed E-state index contributed by atoms with van der Waals surface area (Å²) in [4.78, 5) is 19.3. The molecule has 5 nitrogen and oxygen atoms in total. The lowest BCUT2D eigenvalue weighted by Crippen LogP contribution is -2.25. The molecule has 270 valence electrons. The van der Waals surface area contributed by atoms with Crippen LogP contribution in [0.3, 0.4) is 0 Å². The summed E-state index contributed by atoms with van der Waals surface area (Å²) in [5.41, 5.74) is 0. The monoisotopic (exact) mass is 654 g/mol. The Morgan fingerprint density at radius 2 is 1.23 bits per heavy atom. The van der Waals surface area contributed by atoms with Crippen LogP contribution >= 0.6 is 0 Å². The SMILES string of the molecule is CCC/C=C\C/C=C\CC=NCCCCNCCC(CCCCCCC/C=C\C/C=C\C/C=C\CCC)OC(=O)CCCCN(C)C. The molecule has 0 fully saturated rings. The zero-order valence-electron chi connectivity index (χ0n) is 31.3. The summed E-state index contributed by atoms with van der Waals surface area (Å²) in [6.07, 6.45) is 47.4. The highest BCUT2D eigenvalue weighted by molar-refractivity contribution is 5.69. The van der Waals surface area contributed by atoms with Gasteiger partial charge in [-0.3, -0.25) is 9.79 Å². The zero-order chi connectivity index (χ0) is 34.3. The number of ether oxygens (including phenoxy) is 1. The van der Waals surface area contributed by atoms with Crippen molar-refractivity contribution in [3.8, 4) is 0 Å². The third-order valence-corrected chi connectivity index (χ3v) is 7.90. The lowest BCUT2D eigenvalue weighted by Gasteiger charge is -2.19. The van der Waals surface area contributed by atoms with Gasteiger partial charge < -0.3 is 15.0 Å². The summed E-state index contributed by atoms with van der Waals surface area (Å²) in [6, 6.07) is 0. The normalized spacial score (nSPS) is 13.3. The van der Waals surface area contributed by atoms with Crippen LogP contribution in [0, 0.1) is 0 Å². The first-order valence-corrected chi connectivity index (χ1v) is 19.4. The Morgan fingerprint density at radius 3 is 1.89 bits per heavy atom. The second-order valence-corrected chi connectivity index (χ2v) is 12.9. The molecule has 0 rings (SSSR count). The molecule has 0 aliphatic heterocycles. The smallest absolute Gasteiger partial charge is 0.306 e. The summed E-state index contributed by atoms with van der Waals surface area (Å²) in [5, 5.41) is 3.57. The zero-order valence-corrected chi connectivity index (χ0v) is 31.3. The maximum absolute atomic E-state index is 12.6. The highest BCUT2D eigenvalue weighted by atomic mass is 16.5. The second-order valence-electron chi connectivity index (χ2n) is 12.9. The fraction of sp³-hybridized carbons (Fsp3) is 0.714. The molecule has 47 heavy (non-hydrogen) atoms. The number of nitrogens with one attached hydrogen (secondary N) is 1. The molecule has 0 radical (unpaired) electrons. The maximum atomic E-state index is 12.6. The number of rotatable bonds is 34. The van der Waals surface area contributed by atoms with E-state index in [1.165, 1.54) is 57.8 Å². The van der Waals surface area contributed by atoms with Crippen molar-refractivity contribution in [2.45, 2.75) is 155 Å². The first-order valence-electron chi connectivity index (χ1n) is 19.4. The van der Waals surface area contributed by atoms with E-state index in [2.05, 4.69) is 104 Å². The average molecular weight is 654 g/mol. The van der Waals surface area contributed by atoms with E-state index in [1.807, 2.05) is 6.21 Å². The van der Waals surface area contributed by atoms with Crippen molar-refractivity contribution in [3.63, 3.8) is 0 Å². The molecular weight excluding hydrogens is 578 g/mol. The molecule has 0 aromatic heterocycles. The third kappa shape index (κ3) is 38.1. The molecule has 0 saturated carbocycles. The first-order chi connectivity index (χ1) is 23.1. The Bertz CT molecular complexity index is 787. The van der Waals surface area contributed by atoms with Gasteiger partial charge in [-0.1, -0.05) is 107 Å². The molecule has 1 N–H and O–H groups in total. The standard InChI is InChI=1S/C42H75N3O2/c1-5-7-9-11-13-15-16-17-18-19-20-21-22-23-25-27-33-41(47-42(46)34-28-32-40-45(3)4)35-39-44-38-31-30-37-43-36-29-26-24-14-12-10-8-6-2/h9-12,15-16,18-19,24,26,36,41,44H,5-8,13-14,17,20-23,25,27-35,37-40H2,1-4H3/b11-9-,12-10-,16-15-,19-18-,26-24-,43-36?. The molecule has 5 heteroatoms. The summed E-state index contributed by atoms with van der Waals surface area (Å²) in [6.45, 7) is 8.22. The number of hydrogen-bond donors (Lipinski definition) is 1. The van der Waals surface area contributed by atoms with Crippen molar-refractivity contribution in [2.24, 2.45) is 4.99 Å². The summed E-state index contributed by atoms with van der Waals surface area (Å²) in [7, 11) is 4.15. The van der Waals surface area contributed by atoms with E-state index < -0.39 is 0 Å². The minimum Gasteiger partial charge on any atom is -0.462 e. The topological polar surface area (TPSA) is 53.9 Å². The van der Waals surface area contributed by atoms with Crippen LogP contribution in [0.4, 0.5) is 0 Å². The number of carbonyl (C=O) groups is 1. The number of nitrogens with zero attached hydrogens (tertiary/aromatic N) is 2. The van der Waals surface area contributed by atoms with Gasteiger partial charge in [0.15, 0.2) is 0 Å². The highest BCUT2D eigenvalue weighted by Crippen LogP contribution is 2.14. The molecule has 0 bridgehead atoms. The minimum atomic E-state index is -0.0241. The van der Waals surface area contributed by atoms with E-state index in [9.17, 15) is 4.79 Å². The fourth-order valence-electron chi connectivity index (χ4n) is 5.03. The van der Waals surface area contributed by atoms with E-state index in [1.54, 1.807) is 0 Å². The predicted octanol–water partition coefficient (Wildman–Crippen LogP) is 11.1. The van der Waals surface area contributed by atoms with Crippen LogP contribution in [0.2, 0.25) is 0 Å². The van der Waals surface area contributed by atoms with E-state index in [4.69, 9.17) is 4.74 Å². The molecule has 0 aliphatic carbocycles. The molecule has 0 aromatic carbocycles. The summed E-state index contributed by atoms with van der Waals surface area (Å²) < 4.78 is 5.97. The lowest BCUT2D eigenvalue weighted by molar-refractivity contribution is -0.149. The largest absolute Gasteiger partial charge is 0.462 e. The van der Waals surface area contributed by atoms with Crippen LogP contribution < -0.4 is 5.32 Å². The number of allylic oxidation sites excluding steroid dienone is 10. The molecule has 0 aromatic rings. The van der Waals surface area contributed by atoms with Gasteiger partial charge in [-0.15, -0.1) is 0 Å². The molecule has 0 spiro atoms. The number of unbranched alkanes of at least 4 members (excludes halogenated alkanes) is 9. The van der Waals surface area contributed by atoms with Gasteiger partial charge in [0, 0.05) is 25.6 Å². The van der Waals surface area contributed by atoms with Crippen LogP contribution in [0.5, 0.6) is 0 Å². The van der Waals surface area contributed by atoms with Gasteiger partial charge in [0.2, 0.25) is 0 Å².